The Bertz CT molecular complexity index is 331. The molecule has 0 saturated carbocycles. The lowest BCUT2D eigenvalue weighted by atomic mass is 9.68. The van der Waals surface area contributed by atoms with Gasteiger partial charge in [0.05, 0.1) is 24.4 Å². The first-order valence-electron chi connectivity index (χ1n) is 6.37. The largest absolute Gasteiger partial charge is 0.490 e. The molecule has 2 aliphatic heterocycles. The van der Waals surface area contributed by atoms with Crippen LogP contribution < -0.4 is 0 Å². The first-order valence-corrected chi connectivity index (χ1v) is 6.37. The molecule has 1 saturated heterocycles. The van der Waals surface area contributed by atoms with E-state index in [1.54, 1.807) is 0 Å². The molecule has 3 nitrogen and oxygen atoms in total. The summed E-state index contributed by atoms with van der Waals surface area (Å²) in [4.78, 5) is 0. The van der Waals surface area contributed by atoms with E-state index < -0.39 is 0 Å². The van der Waals surface area contributed by atoms with Crippen molar-refractivity contribution >= 4 is 7.12 Å². The van der Waals surface area contributed by atoms with Gasteiger partial charge in [-0.15, -0.1) is 0 Å². The lowest BCUT2D eigenvalue weighted by Crippen LogP contribution is -2.41. The molecule has 0 spiro atoms. The van der Waals surface area contributed by atoms with E-state index in [0.29, 0.717) is 12.5 Å². The summed E-state index contributed by atoms with van der Waals surface area (Å²) in [5.41, 5.74) is 2.00. The van der Waals surface area contributed by atoms with Crippen LogP contribution in [0.15, 0.2) is 11.0 Å². The molecule has 17 heavy (non-hydrogen) atoms. The maximum absolute atomic E-state index is 6.11. The highest BCUT2D eigenvalue weighted by Crippen LogP contribution is 2.41. The summed E-state index contributed by atoms with van der Waals surface area (Å²) in [5.74, 6) is 0.374. The molecule has 0 amide bonds. The van der Waals surface area contributed by atoms with Crippen LogP contribution in [0.4, 0.5) is 0 Å². The third-order valence-corrected chi connectivity index (χ3v) is 4.22. The summed E-state index contributed by atoms with van der Waals surface area (Å²) in [5, 5.41) is 0. The Hall–Kier alpha value is -0.315. The zero-order chi connectivity index (χ0) is 12.8. The highest BCUT2D eigenvalue weighted by Gasteiger charge is 2.53. The Balaban J connectivity index is 2.26. The molecule has 0 aromatic heterocycles. The standard InChI is InChI=1S/C13H23BO3/c1-9-7-15-8-10(2)11(9)14-16-12(3,4)13(5,6)17-14/h9H,7-8H2,1-6H3. The molecule has 0 aromatic carbocycles. The van der Waals surface area contributed by atoms with Crippen LogP contribution in [0.1, 0.15) is 41.5 Å². The van der Waals surface area contributed by atoms with Gasteiger partial charge in [-0.05, 0) is 46.0 Å². The molecule has 96 valence electrons. The smallest absolute Gasteiger partial charge is 0.400 e. The molecule has 2 heterocycles. The molecule has 1 fully saturated rings. The van der Waals surface area contributed by atoms with E-state index in [1.165, 1.54) is 11.0 Å². The Kier molecular flexibility index (Phi) is 3.17. The van der Waals surface area contributed by atoms with Crippen LogP contribution in [0.5, 0.6) is 0 Å². The van der Waals surface area contributed by atoms with Crippen molar-refractivity contribution in [2.24, 2.45) is 5.92 Å². The van der Waals surface area contributed by atoms with Crippen LogP contribution in [-0.2, 0) is 14.0 Å². The zero-order valence-electron chi connectivity index (χ0n) is 11.8. The van der Waals surface area contributed by atoms with Gasteiger partial charge in [-0.2, -0.15) is 0 Å². The lowest BCUT2D eigenvalue weighted by Gasteiger charge is -2.32. The van der Waals surface area contributed by atoms with E-state index in [-0.39, 0.29) is 18.3 Å². The molecular weight excluding hydrogens is 215 g/mol. The van der Waals surface area contributed by atoms with Crippen molar-refractivity contribution in [3.8, 4) is 0 Å². The molecule has 2 rings (SSSR count). The van der Waals surface area contributed by atoms with Crippen molar-refractivity contribution in [1.29, 1.82) is 0 Å². The van der Waals surface area contributed by atoms with Crippen molar-refractivity contribution in [3.63, 3.8) is 0 Å². The quantitative estimate of drug-likeness (QED) is 0.657. The summed E-state index contributed by atoms with van der Waals surface area (Å²) in [7, 11) is -0.209. The van der Waals surface area contributed by atoms with Gasteiger partial charge in [0.15, 0.2) is 0 Å². The normalized spacial score (nSPS) is 32.1. The summed E-state index contributed by atoms with van der Waals surface area (Å²) in [6.45, 7) is 14.1. The Labute approximate surface area is 105 Å². The highest BCUT2D eigenvalue weighted by molar-refractivity contribution is 6.55. The lowest BCUT2D eigenvalue weighted by molar-refractivity contribution is 0.00578. The van der Waals surface area contributed by atoms with Crippen LogP contribution in [0, 0.1) is 5.92 Å². The van der Waals surface area contributed by atoms with Gasteiger partial charge in [0.1, 0.15) is 0 Å². The van der Waals surface area contributed by atoms with E-state index in [4.69, 9.17) is 14.0 Å². The second-order valence-corrected chi connectivity index (χ2v) is 6.24. The minimum Gasteiger partial charge on any atom is -0.400 e. The zero-order valence-corrected chi connectivity index (χ0v) is 11.8. The average molecular weight is 238 g/mol. The van der Waals surface area contributed by atoms with Gasteiger partial charge in [-0.3, -0.25) is 0 Å². The van der Waals surface area contributed by atoms with Gasteiger partial charge < -0.3 is 14.0 Å². The van der Waals surface area contributed by atoms with Crippen LogP contribution in [0.3, 0.4) is 0 Å². The Morgan fingerprint density at radius 3 is 2.12 bits per heavy atom. The third-order valence-electron chi connectivity index (χ3n) is 4.22. The van der Waals surface area contributed by atoms with Gasteiger partial charge in [0.2, 0.25) is 0 Å². The molecule has 0 bridgehead atoms. The topological polar surface area (TPSA) is 27.7 Å². The third kappa shape index (κ3) is 2.18. The maximum atomic E-state index is 6.11. The Morgan fingerprint density at radius 2 is 1.65 bits per heavy atom. The average Bonchev–Trinajstić information content (AvgIpc) is 2.35. The summed E-state index contributed by atoms with van der Waals surface area (Å²) in [6.07, 6.45) is 0. The fraction of sp³-hybridized carbons (Fsp3) is 0.846. The van der Waals surface area contributed by atoms with E-state index >= 15 is 0 Å². The molecular formula is C13H23BO3. The monoisotopic (exact) mass is 238 g/mol. The second kappa shape index (κ2) is 4.11. The van der Waals surface area contributed by atoms with E-state index in [0.717, 1.165) is 6.61 Å². The molecule has 1 unspecified atom stereocenters. The number of rotatable bonds is 1. The first kappa shape index (κ1) is 13.1. The molecule has 0 aromatic rings. The van der Waals surface area contributed by atoms with Crippen molar-refractivity contribution in [3.05, 3.63) is 11.0 Å². The SMILES string of the molecule is CC1=C(B2OC(C)(C)C(C)(C)O2)C(C)COC1. The van der Waals surface area contributed by atoms with Crippen molar-refractivity contribution < 1.29 is 14.0 Å². The predicted molar refractivity (Wildman–Crippen MR) is 68.8 cm³/mol. The van der Waals surface area contributed by atoms with Crippen LogP contribution >= 0.6 is 0 Å². The van der Waals surface area contributed by atoms with Crippen molar-refractivity contribution in [1.82, 2.24) is 0 Å². The summed E-state index contributed by atoms with van der Waals surface area (Å²) < 4.78 is 17.7. The second-order valence-electron chi connectivity index (χ2n) is 6.24. The first-order chi connectivity index (χ1) is 7.74. The van der Waals surface area contributed by atoms with Crippen molar-refractivity contribution in [2.45, 2.75) is 52.7 Å². The minimum absolute atomic E-state index is 0.209. The van der Waals surface area contributed by atoms with Gasteiger partial charge in [0, 0.05) is 0 Å². The van der Waals surface area contributed by atoms with E-state index in [2.05, 4.69) is 41.5 Å². The van der Waals surface area contributed by atoms with Crippen LogP contribution in [0.25, 0.3) is 0 Å². The van der Waals surface area contributed by atoms with E-state index in [1.807, 2.05) is 0 Å². The number of ether oxygens (including phenoxy) is 1. The molecule has 4 heteroatoms. The van der Waals surface area contributed by atoms with Gasteiger partial charge >= 0.3 is 7.12 Å². The molecule has 0 aliphatic carbocycles. The fourth-order valence-corrected chi connectivity index (χ4v) is 2.39. The molecule has 0 N–H and O–H groups in total. The summed E-state index contributed by atoms with van der Waals surface area (Å²) in [6, 6.07) is 0. The predicted octanol–water partition coefficient (Wildman–Crippen LogP) is 2.60. The molecule has 1 atom stereocenters. The maximum Gasteiger partial charge on any atom is 0.490 e. The number of hydrogen-bond donors (Lipinski definition) is 0. The minimum atomic E-state index is -0.261. The molecule has 2 aliphatic rings. The number of hydrogen-bond acceptors (Lipinski definition) is 3. The van der Waals surface area contributed by atoms with Gasteiger partial charge in [-0.25, -0.2) is 0 Å². The van der Waals surface area contributed by atoms with E-state index in [9.17, 15) is 0 Å². The fourth-order valence-electron chi connectivity index (χ4n) is 2.39. The van der Waals surface area contributed by atoms with Crippen molar-refractivity contribution in [2.75, 3.05) is 13.2 Å². The van der Waals surface area contributed by atoms with Gasteiger partial charge in [0.25, 0.3) is 0 Å². The van der Waals surface area contributed by atoms with Crippen LogP contribution in [-0.4, -0.2) is 31.5 Å². The van der Waals surface area contributed by atoms with Crippen LogP contribution in [0.2, 0.25) is 0 Å². The highest BCUT2D eigenvalue weighted by atomic mass is 16.7. The summed E-state index contributed by atoms with van der Waals surface area (Å²) >= 11 is 0. The molecule has 0 radical (unpaired) electrons. The Morgan fingerprint density at radius 1 is 1.12 bits per heavy atom. The van der Waals surface area contributed by atoms with Gasteiger partial charge in [-0.1, -0.05) is 12.5 Å².